The van der Waals surface area contributed by atoms with Crippen molar-refractivity contribution in [1.82, 2.24) is 18.7 Å². The Morgan fingerprint density at radius 2 is 1.94 bits per heavy atom. The van der Waals surface area contributed by atoms with Gasteiger partial charge in [-0.05, 0) is 24.3 Å². The molecular weight excluding hydrogens is 448 g/mol. The first kappa shape index (κ1) is 22.3. The molecule has 3 heterocycles. The van der Waals surface area contributed by atoms with E-state index >= 15 is 0 Å². The highest BCUT2D eigenvalue weighted by molar-refractivity contribution is 7.98. The fraction of sp³-hybridized carbons (Fsp3) is 0.364. The highest BCUT2D eigenvalue weighted by Gasteiger charge is 2.27. The lowest BCUT2D eigenvalue weighted by molar-refractivity contribution is 0.0602. The summed E-state index contributed by atoms with van der Waals surface area (Å²) in [6, 6.07) is 7.78. The molecule has 3 aromatic heterocycles. The van der Waals surface area contributed by atoms with Crippen LogP contribution in [0.1, 0.15) is 29.1 Å². The number of thiophene rings is 1. The first-order valence-corrected chi connectivity index (χ1v) is 12.1. The van der Waals surface area contributed by atoms with Gasteiger partial charge in [0.2, 0.25) is 0 Å². The molecule has 0 atom stereocenters. The van der Waals surface area contributed by atoms with Crippen molar-refractivity contribution in [2.45, 2.75) is 32.1 Å². The van der Waals surface area contributed by atoms with Gasteiger partial charge in [-0.25, -0.2) is 14.6 Å². The van der Waals surface area contributed by atoms with Crippen molar-refractivity contribution in [3.8, 4) is 0 Å². The molecule has 168 valence electrons. The molecule has 0 fully saturated rings. The summed E-state index contributed by atoms with van der Waals surface area (Å²) in [6.45, 7) is 4.77. The molecule has 0 amide bonds. The predicted octanol–water partition coefficient (Wildman–Crippen LogP) is 3.32. The van der Waals surface area contributed by atoms with Gasteiger partial charge in [0.1, 0.15) is 4.83 Å². The number of methoxy groups -OCH3 is 1. The van der Waals surface area contributed by atoms with Gasteiger partial charge in [-0.2, -0.15) is 0 Å². The summed E-state index contributed by atoms with van der Waals surface area (Å²) in [7, 11) is 2.73. The van der Waals surface area contributed by atoms with Gasteiger partial charge in [0.05, 0.1) is 35.6 Å². The number of fused-ring (bicyclic) bond motifs is 2. The van der Waals surface area contributed by atoms with Crippen molar-refractivity contribution in [1.29, 1.82) is 0 Å². The minimum Gasteiger partial charge on any atom is -0.465 e. The van der Waals surface area contributed by atoms with Crippen LogP contribution in [0.25, 0.3) is 21.3 Å². The van der Waals surface area contributed by atoms with Gasteiger partial charge < -0.3 is 9.30 Å². The highest BCUT2D eigenvalue weighted by atomic mass is 32.2. The second-order valence-electron chi connectivity index (χ2n) is 7.90. The Bertz CT molecular complexity index is 1460. The van der Waals surface area contributed by atoms with E-state index in [4.69, 9.17) is 4.74 Å². The summed E-state index contributed by atoms with van der Waals surface area (Å²) >= 11 is 2.80. The summed E-state index contributed by atoms with van der Waals surface area (Å²) in [6.07, 6.45) is 1.94. The van der Waals surface area contributed by atoms with E-state index in [9.17, 15) is 14.4 Å². The zero-order valence-corrected chi connectivity index (χ0v) is 20.2. The largest absolute Gasteiger partial charge is 0.465 e. The summed E-state index contributed by atoms with van der Waals surface area (Å²) in [4.78, 5) is 44.7. The summed E-state index contributed by atoms with van der Waals surface area (Å²) in [5.41, 5.74) is 1.12. The van der Waals surface area contributed by atoms with Crippen molar-refractivity contribution < 1.29 is 9.53 Å². The van der Waals surface area contributed by atoms with Gasteiger partial charge in [0.25, 0.3) is 5.56 Å². The first-order valence-electron chi connectivity index (χ1n) is 10.1. The maximum atomic E-state index is 13.1. The number of carbonyl (C=O) groups is 1. The lowest BCUT2D eigenvalue weighted by Crippen LogP contribution is -2.38. The van der Waals surface area contributed by atoms with E-state index < -0.39 is 17.2 Å². The van der Waals surface area contributed by atoms with Crippen LogP contribution in [-0.2, 0) is 24.9 Å². The molecule has 0 saturated heterocycles. The molecule has 0 N–H and O–H groups in total. The lowest BCUT2D eigenvalue weighted by atomic mass is 10.1. The fourth-order valence-electron chi connectivity index (χ4n) is 3.84. The number of carbonyl (C=O) groups excluding carboxylic acids is 1. The number of thioether (sulfide) groups is 1. The third kappa shape index (κ3) is 3.57. The molecule has 0 unspecified atom stereocenters. The molecule has 32 heavy (non-hydrogen) atoms. The number of hydrogen-bond donors (Lipinski definition) is 0. The SMILES string of the molecule is COC(=O)c1c(Cn2c(SC)nc3ccccc32)sc2c1c(=O)n(C)c(=O)n2CC(C)C. The van der Waals surface area contributed by atoms with Crippen LogP contribution in [0.3, 0.4) is 0 Å². The van der Waals surface area contributed by atoms with E-state index in [0.717, 1.165) is 20.8 Å². The molecule has 0 aliphatic carbocycles. The standard InChI is InChI=1S/C22H24N4O4S2/c1-12(2)10-26-19-17(18(27)24(3)22(26)29)16(20(28)30-4)15(32-19)11-25-14-9-7-6-8-13(14)23-21(25)31-5/h6-9,12H,10-11H2,1-5H3. The summed E-state index contributed by atoms with van der Waals surface area (Å²) < 4.78 is 9.73. The number of benzene rings is 1. The van der Waals surface area contributed by atoms with E-state index in [-0.39, 0.29) is 16.9 Å². The molecule has 0 bridgehead atoms. The molecular formula is C22H24N4O4S2. The van der Waals surface area contributed by atoms with Gasteiger partial charge in [-0.1, -0.05) is 37.7 Å². The van der Waals surface area contributed by atoms with Crippen LogP contribution in [0, 0.1) is 5.92 Å². The van der Waals surface area contributed by atoms with Gasteiger partial charge in [0.15, 0.2) is 5.16 Å². The van der Waals surface area contributed by atoms with Crippen molar-refractivity contribution >= 4 is 50.3 Å². The topological polar surface area (TPSA) is 88.1 Å². The highest BCUT2D eigenvalue weighted by Crippen LogP contribution is 2.32. The van der Waals surface area contributed by atoms with Gasteiger partial charge in [-0.15, -0.1) is 11.3 Å². The van der Waals surface area contributed by atoms with Crippen LogP contribution in [0.5, 0.6) is 0 Å². The molecule has 4 rings (SSSR count). The maximum Gasteiger partial charge on any atom is 0.339 e. The van der Waals surface area contributed by atoms with Crippen LogP contribution >= 0.6 is 23.1 Å². The normalized spacial score (nSPS) is 11.7. The summed E-state index contributed by atoms with van der Waals surface area (Å²) in [5, 5.41) is 1.03. The number of esters is 1. The Morgan fingerprint density at radius 1 is 1.22 bits per heavy atom. The molecule has 10 heteroatoms. The molecule has 4 aromatic rings. The Kier molecular flexibility index (Phi) is 6.00. The second kappa shape index (κ2) is 8.59. The van der Waals surface area contributed by atoms with Crippen LogP contribution < -0.4 is 11.2 Å². The Balaban J connectivity index is 2.04. The van der Waals surface area contributed by atoms with Gasteiger partial charge in [-0.3, -0.25) is 13.9 Å². The van der Waals surface area contributed by atoms with Crippen molar-refractivity contribution in [3.63, 3.8) is 0 Å². The molecule has 1 aromatic carbocycles. The van der Waals surface area contributed by atoms with Crippen molar-refractivity contribution in [3.05, 3.63) is 55.5 Å². The lowest BCUT2D eigenvalue weighted by Gasteiger charge is -2.11. The van der Waals surface area contributed by atoms with Crippen LogP contribution in [0.4, 0.5) is 0 Å². The number of hydrogen-bond acceptors (Lipinski definition) is 7. The number of aromatic nitrogens is 4. The Labute approximate surface area is 192 Å². The Hall–Kier alpha value is -2.85. The maximum absolute atomic E-state index is 13.1. The van der Waals surface area contributed by atoms with Gasteiger partial charge >= 0.3 is 11.7 Å². The number of imidazole rings is 1. The quantitative estimate of drug-likeness (QED) is 0.316. The molecule has 0 radical (unpaired) electrons. The number of nitrogens with zero attached hydrogens (tertiary/aromatic N) is 4. The monoisotopic (exact) mass is 472 g/mol. The summed E-state index contributed by atoms with van der Waals surface area (Å²) in [5.74, 6) is -0.408. The van der Waals surface area contributed by atoms with E-state index in [1.54, 1.807) is 4.57 Å². The number of rotatable bonds is 6. The minimum atomic E-state index is -0.590. The van der Waals surface area contributed by atoms with Gasteiger partial charge in [0, 0.05) is 18.5 Å². The van der Waals surface area contributed by atoms with E-state index in [0.29, 0.717) is 22.8 Å². The second-order valence-corrected chi connectivity index (χ2v) is 9.75. The molecule has 8 nitrogen and oxygen atoms in total. The molecule has 0 aliphatic heterocycles. The van der Waals surface area contributed by atoms with Crippen LogP contribution in [0.2, 0.25) is 0 Å². The predicted molar refractivity (Wildman–Crippen MR) is 128 cm³/mol. The van der Waals surface area contributed by atoms with E-state index in [1.807, 2.05) is 48.9 Å². The molecule has 0 aliphatic rings. The molecule has 0 saturated carbocycles. The average Bonchev–Trinajstić information content (AvgIpc) is 3.33. The third-order valence-corrected chi connectivity index (χ3v) is 7.16. The first-order chi connectivity index (χ1) is 15.3. The van der Waals surface area contributed by atoms with Crippen molar-refractivity contribution in [2.75, 3.05) is 13.4 Å². The smallest absolute Gasteiger partial charge is 0.339 e. The van der Waals surface area contributed by atoms with Crippen LogP contribution in [-0.4, -0.2) is 38.0 Å². The zero-order chi connectivity index (χ0) is 23.2. The van der Waals surface area contributed by atoms with E-state index in [1.165, 1.54) is 37.3 Å². The molecule has 0 spiro atoms. The Morgan fingerprint density at radius 3 is 2.59 bits per heavy atom. The van der Waals surface area contributed by atoms with Crippen LogP contribution in [0.15, 0.2) is 39.0 Å². The number of para-hydroxylation sites is 2. The minimum absolute atomic E-state index is 0.182. The zero-order valence-electron chi connectivity index (χ0n) is 18.5. The third-order valence-electron chi connectivity index (χ3n) is 5.29. The number of ether oxygens (including phenoxy) is 1. The van der Waals surface area contributed by atoms with E-state index in [2.05, 4.69) is 4.98 Å². The fourth-order valence-corrected chi connectivity index (χ4v) is 5.68. The average molecular weight is 473 g/mol. The van der Waals surface area contributed by atoms with Crippen molar-refractivity contribution in [2.24, 2.45) is 13.0 Å².